The van der Waals surface area contributed by atoms with Crippen molar-refractivity contribution in [2.45, 2.75) is 31.3 Å². The predicted molar refractivity (Wildman–Crippen MR) is 128 cm³/mol. The van der Waals surface area contributed by atoms with Gasteiger partial charge in [0.15, 0.2) is 5.16 Å². The quantitative estimate of drug-likeness (QED) is 0.243. The summed E-state index contributed by atoms with van der Waals surface area (Å²) in [4.78, 5) is 24.9. The van der Waals surface area contributed by atoms with Gasteiger partial charge in [-0.1, -0.05) is 41.6 Å². The van der Waals surface area contributed by atoms with Crippen LogP contribution in [0.1, 0.15) is 21.6 Å². The molecule has 0 aliphatic heterocycles. The molecule has 7 heteroatoms. The largest absolute Gasteiger partial charge is 0.281 e. The maximum absolute atomic E-state index is 13.5. The fourth-order valence-electron chi connectivity index (χ4n) is 3.45. The number of nitrogens with zero attached hydrogens (tertiary/aromatic N) is 3. The average Bonchev–Trinajstić information content (AvgIpc) is 3.39. The van der Waals surface area contributed by atoms with Crippen molar-refractivity contribution in [2.24, 2.45) is 0 Å². The summed E-state index contributed by atoms with van der Waals surface area (Å²) in [5.74, 6) is 0.774. The Labute approximate surface area is 186 Å². The van der Waals surface area contributed by atoms with Crippen LogP contribution in [0.4, 0.5) is 0 Å². The average molecular weight is 450 g/mol. The summed E-state index contributed by atoms with van der Waals surface area (Å²) in [6.07, 6.45) is 1.76. The molecule has 0 unspecified atom stereocenters. The van der Waals surface area contributed by atoms with Crippen LogP contribution < -0.4 is 5.56 Å². The van der Waals surface area contributed by atoms with Gasteiger partial charge < -0.3 is 0 Å². The first-order valence-corrected chi connectivity index (χ1v) is 12.3. The number of thiophene rings is 2. The SMILES string of the molecule is Cc1ccc(C)c(CSc2nc3c(sc4ncccc43)c(=O)n2Cc2cccs2)c1. The molecule has 30 heavy (non-hydrogen) atoms. The fourth-order valence-corrected chi connectivity index (χ4v) is 6.23. The molecule has 1 aromatic carbocycles. The zero-order valence-electron chi connectivity index (χ0n) is 16.6. The topological polar surface area (TPSA) is 47.8 Å². The Morgan fingerprint density at radius 2 is 2.03 bits per heavy atom. The molecule has 4 heterocycles. The molecule has 0 fully saturated rings. The molecule has 5 rings (SSSR count). The Balaban J connectivity index is 1.64. The third kappa shape index (κ3) is 3.57. The van der Waals surface area contributed by atoms with E-state index >= 15 is 0 Å². The van der Waals surface area contributed by atoms with E-state index in [1.165, 1.54) is 28.0 Å². The van der Waals surface area contributed by atoms with Gasteiger partial charge in [-0.15, -0.1) is 22.7 Å². The highest BCUT2D eigenvalue weighted by Crippen LogP contribution is 2.32. The Hall–Kier alpha value is -2.48. The number of thioether (sulfide) groups is 1. The van der Waals surface area contributed by atoms with Gasteiger partial charge in [0, 0.05) is 22.2 Å². The first-order chi connectivity index (χ1) is 14.6. The highest BCUT2D eigenvalue weighted by molar-refractivity contribution is 7.98. The molecule has 0 spiro atoms. The second kappa shape index (κ2) is 7.98. The van der Waals surface area contributed by atoms with E-state index in [-0.39, 0.29) is 5.56 Å². The zero-order chi connectivity index (χ0) is 20.7. The van der Waals surface area contributed by atoms with Gasteiger partial charge in [-0.2, -0.15) is 0 Å². The van der Waals surface area contributed by atoms with Crippen molar-refractivity contribution >= 4 is 54.9 Å². The normalized spacial score (nSPS) is 11.5. The van der Waals surface area contributed by atoms with Crippen LogP contribution in [-0.4, -0.2) is 14.5 Å². The van der Waals surface area contributed by atoms with Gasteiger partial charge in [0.05, 0.1) is 12.1 Å². The second-order valence-electron chi connectivity index (χ2n) is 7.22. The van der Waals surface area contributed by atoms with E-state index < -0.39 is 0 Å². The summed E-state index contributed by atoms with van der Waals surface area (Å²) in [5, 5.41) is 3.75. The zero-order valence-corrected chi connectivity index (χ0v) is 19.0. The van der Waals surface area contributed by atoms with Crippen LogP contribution in [0.2, 0.25) is 0 Å². The summed E-state index contributed by atoms with van der Waals surface area (Å²) in [5.41, 5.74) is 4.55. The molecule has 0 N–H and O–H groups in total. The number of hydrogen-bond acceptors (Lipinski definition) is 6. The molecule has 0 atom stereocenters. The summed E-state index contributed by atoms with van der Waals surface area (Å²) in [7, 11) is 0. The monoisotopic (exact) mass is 449 g/mol. The van der Waals surface area contributed by atoms with Crippen molar-refractivity contribution in [1.29, 1.82) is 0 Å². The number of aromatic nitrogens is 3. The van der Waals surface area contributed by atoms with E-state index in [4.69, 9.17) is 4.98 Å². The van der Waals surface area contributed by atoms with Crippen LogP contribution in [0.25, 0.3) is 20.4 Å². The molecule has 0 saturated heterocycles. The first kappa shape index (κ1) is 19.5. The van der Waals surface area contributed by atoms with E-state index in [1.807, 2.05) is 28.1 Å². The summed E-state index contributed by atoms with van der Waals surface area (Å²) >= 11 is 4.72. The smallest absolute Gasteiger partial charge is 0.272 e. The van der Waals surface area contributed by atoms with E-state index in [9.17, 15) is 4.79 Å². The third-order valence-electron chi connectivity index (χ3n) is 5.07. The molecule has 0 amide bonds. The molecule has 0 bridgehead atoms. The van der Waals surface area contributed by atoms with Gasteiger partial charge in [-0.25, -0.2) is 9.97 Å². The molecular weight excluding hydrogens is 430 g/mol. The van der Waals surface area contributed by atoms with E-state index in [0.717, 1.165) is 31.5 Å². The predicted octanol–water partition coefficient (Wildman–Crippen LogP) is 6.03. The number of rotatable bonds is 5. The summed E-state index contributed by atoms with van der Waals surface area (Å²) in [6, 6.07) is 14.5. The van der Waals surface area contributed by atoms with E-state index in [1.54, 1.807) is 29.3 Å². The molecule has 4 aromatic heterocycles. The number of hydrogen-bond donors (Lipinski definition) is 0. The molecule has 4 nitrogen and oxygen atoms in total. The van der Waals surface area contributed by atoms with Crippen molar-refractivity contribution in [3.63, 3.8) is 0 Å². The van der Waals surface area contributed by atoms with Gasteiger partial charge in [0.1, 0.15) is 9.53 Å². The maximum atomic E-state index is 13.5. The Morgan fingerprint density at radius 3 is 2.87 bits per heavy atom. The molecule has 0 saturated carbocycles. The Bertz CT molecular complexity index is 1420. The first-order valence-electron chi connectivity index (χ1n) is 9.59. The number of benzene rings is 1. The number of pyridine rings is 1. The van der Waals surface area contributed by atoms with Crippen LogP contribution in [0.15, 0.2) is 64.0 Å². The molecule has 0 aliphatic rings. The minimum atomic E-state index is 0.0138. The molecule has 150 valence electrons. The minimum Gasteiger partial charge on any atom is -0.281 e. The lowest BCUT2D eigenvalue weighted by atomic mass is 10.1. The molecule has 5 aromatic rings. The van der Waals surface area contributed by atoms with Crippen LogP contribution in [0.5, 0.6) is 0 Å². The molecule has 0 radical (unpaired) electrons. The lowest BCUT2D eigenvalue weighted by Gasteiger charge is -2.12. The number of aryl methyl sites for hydroxylation is 2. The highest BCUT2D eigenvalue weighted by Gasteiger charge is 2.17. The Morgan fingerprint density at radius 1 is 1.13 bits per heavy atom. The molecular formula is C23H19N3OS3. The van der Waals surface area contributed by atoms with Gasteiger partial charge in [-0.3, -0.25) is 9.36 Å². The fraction of sp³-hybridized carbons (Fsp3) is 0.174. The van der Waals surface area contributed by atoms with Crippen molar-refractivity contribution in [1.82, 2.24) is 14.5 Å². The van der Waals surface area contributed by atoms with E-state index in [2.05, 4.69) is 43.1 Å². The number of fused-ring (bicyclic) bond motifs is 3. The van der Waals surface area contributed by atoms with Crippen molar-refractivity contribution < 1.29 is 0 Å². The lowest BCUT2D eigenvalue weighted by molar-refractivity contribution is 0.666. The highest BCUT2D eigenvalue weighted by atomic mass is 32.2. The Kier molecular flexibility index (Phi) is 5.18. The second-order valence-corrected chi connectivity index (χ2v) is 10.2. The van der Waals surface area contributed by atoms with Crippen LogP contribution in [0.3, 0.4) is 0 Å². The summed E-state index contributed by atoms with van der Waals surface area (Å²) in [6.45, 7) is 4.77. The molecule has 0 aliphatic carbocycles. The van der Waals surface area contributed by atoms with Gasteiger partial charge in [-0.05, 0) is 48.6 Å². The van der Waals surface area contributed by atoms with Gasteiger partial charge in [0.2, 0.25) is 0 Å². The lowest BCUT2D eigenvalue weighted by Crippen LogP contribution is -2.22. The van der Waals surface area contributed by atoms with Crippen LogP contribution in [0, 0.1) is 13.8 Å². The third-order valence-corrected chi connectivity index (χ3v) is 8.05. The minimum absolute atomic E-state index is 0.0138. The summed E-state index contributed by atoms with van der Waals surface area (Å²) < 4.78 is 2.50. The van der Waals surface area contributed by atoms with Crippen molar-refractivity contribution in [3.05, 3.63) is 86.0 Å². The standard InChI is InChI=1S/C23H19N3OS3/c1-14-7-8-15(2)16(11-14)13-29-23-25-19-18-6-3-9-24-21(18)30-20(19)22(27)26(23)12-17-5-4-10-28-17/h3-11H,12-13H2,1-2H3. The van der Waals surface area contributed by atoms with Gasteiger partial charge >= 0.3 is 0 Å². The van der Waals surface area contributed by atoms with Crippen molar-refractivity contribution in [2.75, 3.05) is 0 Å². The van der Waals surface area contributed by atoms with Crippen LogP contribution in [-0.2, 0) is 12.3 Å². The van der Waals surface area contributed by atoms with E-state index in [0.29, 0.717) is 11.2 Å². The van der Waals surface area contributed by atoms with Crippen LogP contribution >= 0.6 is 34.4 Å². The maximum Gasteiger partial charge on any atom is 0.272 e. The van der Waals surface area contributed by atoms with Crippen molar-refractivity contribution in [3.8, 4) is 0 Å². The van der Waals surface area contributed by atoms with Gasteiger partial charge in [0.25, 0.3) is 5.56 Å².